The normalized spacial score (nSPS) is 19.7. The van der Waals surface area contributed by atoms with Crippen LogP contribution in [0.1, 0.15) is 73.6 Å². The number of carbonyl (C=O) groups is 2. The Labute approximate surface area is 253 Å². The Hall–Kier alpha value is -4.46. The maximum absolute atomic E-state index is 13.2. The summed E-state index contributed by atoms with van der Waals surface area (Å²) in [4.78, 5) is 32.6. The molecule has 8 nitrogen and oxygen atoms in total. The van der Waals surface area contributed by atoms with E-state index in [4.69, 9.17) is 5.10 Å². The van der Waals surface area contributed by atoms with Crippen LogP contribution in [-0.2, 0) is 11.8 Å². The molecule has 2 fully saturated rings. The van der Waals surface area contributed by atoms with Crippen LogP contribution in [0.4, 0.5) is 16.3 Å². The number of amides is 3. The van der Waals surface area contributed by atoms with Gasteiger partial charge in [-0.1, -0.05) is 50.6 Å². The van der Waals surface area contributed by atoms with Crippen molar-refractivity contribution in [2.45, 2.75) is 77.3 Å². The van der Waals surface area contributed by atoms with Crippen molar-refractivity contribution in [3.8, 4) is 5.69 Å². The first-order chi connectivity index (χ1) is 20.6. The van der Waals surface area contributed by atoms with E-state index < -0.39 is 0 Å². The summed E-state index contributed by atoms with van der Waals surface area (Å²) in [5.41, 5.74) is 5.39. The lowest BCUT2D eigenvalue weighted by molar-refractivity contribution is 0.0524. The van der Waals surface area contributed by atoms with Crippen LogP contribution in [0, 0.1) is 12.8 Å². The Balaban J connectivity index is 1.11. The number of urea groups is 1. The molecule has 3 amide bonds. The van der Waals surface area contributed by atoms with Crippen LogP contribution in [0.2, 0.25) is 0 Å². The van der Waals surface area contributed by atoms with Gasteiger partial charge in [-0.05, 0) is 86.9 Å². The molecule has 0 saturated carbocycles. The fraction of sp³-hybridized carbons (Fsp3) is 0.371. The third-order valence-electron chi connectivity index (χ3n) is 8.68. The van der Waals surface area contributed by atoms with E-state index in [9.17, 15) is 9.59 Å². The first-order valence-corrected chi connectivity index (χ1v) is 15.2. The molecule has 0 aliphatic carbocycles. The number of nitrogens with one attached hydrogen (secondary N) is 2. The Kier molecular flexibility index (Phi) is 7.77. The van der Waals surface area contributed by atoms with Crippen molar-refractivity contribution < 1.29 is 9.59 Å². The molecule has 8 heteroatoms. The van der Waals surface area contributed by atoms with Gasteiger partial charge in [-0.15, -0.1) is 0 Å². The highest BCUT2D eigenvalue weighted by Crippen LogP contribution is 2.41. The minimum atomic E-state index is -0.314. The van der Waals surface area contributed by atoms with Crippen LogP contribution in [0.25, 0.3) is 5.69 Å². The summed E-state index contributed by atoms with van der Waals surface area (Å²) in [7, 11) is 0. The van der Waals surface area contributed by atoms with Gasteiger partial charge < -0.3 is 10.2 Å². The van der Waals surface area contributed by atoms with Crippen LogP contribution >= 0.6 is 0 Å². The SMILES string of the molecule is Cc1ccc(-n2nc(C(C)(C)C)cc2NC(=O)Nc2cccc(CC3CC4CCC(C3)N4C(=O)c3cccnc3)c2)cc1. The zero-order chi connectivity index (χ0) is 30.1. The average molecular weight is 577 g/mol. The first kappa shape index (κ1) is 28.6. The summed E-state index contributed by atoms with van der Waals surface area (Å²) in [6.07, 6.45) is 8.42. The van der Waals surface area contributed by atoms with E-state index in [0.29, 0.717) is 17.3 Å². The van der Waals surface area contributed by atoms with Gasteiger partial charge in [0.1, 0.15) is 5.82 Å². The van der Waals surface area contributed by atoms with Gasteiger partial charge in [0.05, 0.1) is 16.9 Å². The number of carbonyl (C=O) groups excluding carboxylic acids is 2. The molecule has 43 heavy (non-hydrogen) atoms. The van der Waals surface area contributed by atoms with Crippen LogP contribution in [-0.4, -0.2) is 43.7 Å². The summed E-state index contributed by atoms with van der Waals surface area (Å²) in [5.74, 6) is 1.22. The second kappa shape index (κ2) is 11.7. The molecule has 2 saturated heterocycles. The monoisotopic (exact) mass is 576 g/mol. The number of piperidine rings is 1. The van der Waals surface area contributed by atoms with Gasteiger partial charge in [0.25, 0.3) is 5.91 Å². The van der Waals surface area contributed by atoms with E-state index in [-0.39, 0.29) is 29.4 Å². The number of pyridine rings is 1. The second-order valence-electron chi connectivity index (χ2n) is 13.1. The van der Waals surface area contributed by atoms with Crippen LogP contribution < -0.4 is 10.6 Å². The van der Waals surface area contributed by atoms with Crippen LogP contribution in [0.15, 0.2) is 79.1 Å². The predicted molar refractivity (Wildman–Crippen MR) is 170 cm³/mol. The molecule has 2 atom stereocenters. The first-order valence-electron chi connectivity index (χ1n) is 15.2. The number of aryl methyl sites for hydroxylation is 1. The molecule has 2 aliphatic heterocycles. The number of benzene rings is 2. The maximum atomic E-state index is 13.2. The van der Waals surface area contributed by atoms with Gasteiger partial charge in [0.15, 0.2) is 0 Å². The fourth-order valence-electron chi connectivity index (χ4n) is 6.53. The Morgan fingerprint density at radius 1 is 0.930 bits per heavy atom. The van der Waals surface area contributed by atoms with Crippen LogP contribution in [0.5, 0.6) is 0 Å². The summed E-state index contributed by atoms with van der Waals surface area (Å²) in [6.45, 7) is 8.38. The Morgan fingerprint density at radius 3 is 2.35 bits per heavy atom. The second-order valence-corrected chi connectivity index (χ2v) is 13.1. The van der Waals surface area contributed by atoms with E-state index >= 15 is 0 Å². The quantitative estimate of drug-likeness (QED) is 0.255. The molecule has 4 aromatic rings. The number of fused-ring (bicyclic) bond motifs is 2. The lowest BCUT2D eigenvalue weighted by Gasteiger charge is -2.39. The lowest BCUT2D eigenvalue weighted by Crippen LogP contribution is -2.46. The Morgan fingerprint density at radius 2 is 1.67 bits per heavy atom. The summed E-state index contributed by atoms with van der Waals surface area (Å²) >= 11 is 0. The number of rotatable bonds is 6. The molecule has 2 N–H and O–H groups in total. The summed E-state index contributed by atoms with van der Waals surface area (Å²) in [6, 6.07) is 22.1. The van der Waals surface area contributed by atoms with Gasteiger partial charge in [-0.2, -0.15) is 5.10 Å². The summed E-state index contributed by atoms with van der Waals surface area (Å²) in [5, 5.41) is 10.9. The van der Waals surface area contributed by atoms with E-state index in [1.54, 1.807) is 17.1 Å². The molecule has 0 spiro atoms. The number of anilines is 2. The highest BCUT2D eigenvalue weighted by molar-refractivity contribution is 5.99. The lowest BCUT2D eigenvalue weighted by atomic mass is 9.85. The molecule has 4 heterocycles. The molecule has 2 unspecified atom stereocenters. The Bertz CT molecular complexity index is 1590. The highest BCUT2D eigenvalue weighted by Gasteiger charge is 2.43. The van der Waals surface area contributed by atoms with E-state index in [1.165, 1.54) is 5.56 Å². The molecular formula is C35H40N6O2. The molecule has 2 aliphatic rings. The van der Waals surface area contributed by atoms with E-state index in [1.807, 2.05) is 61.5 Å². The van der Waals surface area contributed by atoms with Gasteiger partial charge in [0.2, 0.25) is 0 Å². The third kappa shape index (κ3) is 6.33. The number of hydrogen-bond acceptors (Lipinski definition) is 4. The van der Waals surface area contributed by atoms with Gasteiger partial charge in [-0.25, -0.2) is 9.48 Å². The molecule has 6 rings (SSSR count). The van der Waals surface area contributed by atoms with Crippen molar-refractivity contribution in [1.29, 1.82) is 0 Å². The maximum Gasteiger partial charge on any atom is 0.324 e. The van der Waals surface area contributed by atoms with Crippen molar-refractivity contribution in [2.75, 3.05) is 10.6 Å². The third-order valence-corrected chi connectivity index (χ3v) is 8.68. The molecule has 2 bridgehead atoms. The smallest absolute Gasteiger partial charge is 0.324 e. The number of nitrogens with zero attached hydrogens (tertiary/aromatic N) is 4. The predicted octanol–water partition coefficient (Wildman–Crippen LogP) is 7.14. The minimum absolute atomic E-state index is 0.106. The van der Waals surface area contributed by atoms with Crippen molar-refractivity contribution >= 4 is 23.4 Å². The zero-order valence-corrected chi connectivity index (χ0v) is 25.4. The topological polar surface area (TPSA) is 92.2 Å². The highest BCUT2D eigenvalue weighted by atomic mass is 16.2. The summed E-state index contributed by atoms with van der Waals surface area (Å²) < 4.78 is 1.79. The molecular weight excluding hydrogens is 536 g/mol. The van der Waals surface area contributed by atoms with Gasteiger partial charge >= 0.3 is 6.03 Å². The molecule has 2 aromatic heterocycles. The van der Waals surface area contributed by atoms with E-state index in [0.717, 1.165) is 54.7 Å². The largest absolute Gasteiger partial charge is 0.333 e. The van der Waals surface area contributed by atoms with Crippen molar-refractivity contribution in [3.63, 3.8) is 0 Å². The molecule has 0 radical (unpaired) electrons. The van der Waals surface area contributed by atoms with E-state index in [2.05, 4.69) is 53.4 Å². The molecule has 2 aromatic carbocycles. The fourth-order valence-corrected chi connectivity index (χ4v) is 6.53. The standard InChI is InChI=1S/C35H40N6O2/c1-23-10-12-28(13-11-23)41-32(21-31(39-41)35(2,3)4)38-34(43)37-27-9-5-7-24(18-27)17-25-19-29-14-15-30(20-25)40(29)33(42)26-8-6-16-36-22-26/h5-13,16,18,21-22,25,29-30H,14-15,17,19-20H2,1-4H3,(H2,37,38,43). The zero-order valence-electron chi connectivity index (χ0n) is 25.4. The van der Waals surface area contributed by atoms with Gasteiger partial charge in [0, 0.05) is 41.6 Å². The van der Waals surface area contributed by atoms with Crippen molar-refractivity contribution in [2.24, 2.45) is 5.92 Å². The van der Waals surface area contributed by atoms with Crippen molar-refractivity contribution in [1.82, 2.24) is 19.7 Å². The number of hydrogen-bond donors (Lipinski definition) is 2. The van der Waals surface area contributed by atoms with Crippen molar-refractivity contribution in [3.05, 3.63) is 102 Å². The molecule has 222 valence electrons. The number of aromatic nitrogens is 3. The van der Waals surface area contributed by atoms with Crippen LogP contribution in [0.3, 0.4) is 0 Å². The van der Waals surface area contributed by atoms with Gasteiger partial charge in [-0.3, -0.25) is 15.1 Å². The average Bonchev–Trinajstić information content (AvgIpc) is 3.52. The minimum Gasteiger partial charge on any atom is -0.333 e.